The minimum Gasteiger partial charge on any atom is -0.229 e. The average molecular weight is 148 g/mol. The lowest BCUT2D eigenvalue weighted by atomic mass is 10.3. The molecule has 1 fully saturated rings. The molecular weight excluding hydrogens is 136 g/mol. The van der Waals surface area contributed by atoms with Gasteiger partial charge in [0, 0.05) is 6.26 Å². The maximum atomic E-state index is 10.8. The zero-order chi connectivity index (χ0) is 7.07. The Kier molecular flexibility index (Phi) is 1.55. The molecule has 0 aromatic carbocycles. The maximum Gasteiger partial charge on any atom is 0.150 e. The summed E-state index contributed by atoms with van der Waals surface area (Å²) in [5, 5.41) is 0.00231. The first-order valence-electron chi connectivity index (χ1n) is 3.24. The molecule has 9 heavy (non-hydrogen) atoms. The van der Waals surface area contributed by atoms with Crippen LogP contribution in [-0.4, -0.2) is 19.9 Å². The molecule has 0 saturated heterocycles. The third-order valence-corrected chi connectivity index (χ3v) is 3.61. The molecule has 0 heterocycles. The van der Waals surface area contributed by atoms with Crippen molar-refractivity contribution in [3.8, 4) is 0 Å². The van der Waals surface area contributed by atoms with Crippen LogP contribution in [0.5, 0.6) is 0 Å². The van der Waals surface area contributed by atoms with Crippen molar-refractivity contribution < 1.29 is 8.42 Å². The lowest BCUT2D eigenvalue weighted by Gasteiger charge is -1.90. The molecule has 1 aliphatic rings. The Morgan fingerprint density at radius 1 is 1.56 bits per heavy atom. The van der Waals surface area contributed by atoms with E-state index in [1.54, 1.807) is 0 Å². The zero-order valence-corrected chi connectivity index (χ0v) is 6.61. The van der Waals surface area contributed by atoms with E-state index in [0.29, 0.717) is 5.92 Å². The molecule has 54 valence electrons. The summed E-state index contributed by atoms with van der Waals surface area (Å²) in [7, 11) is -2.69. The molecule has 0 aromatic heterocycles. The van der Waals surface area contributed by atoms with Gasteiger partial charge in [-0.25, -0.2) is 8.42 Å². The van der Waals surface area contributed by atoms with Crippen molar-refractivity contribution in [3.05, 3.63) is 0 Å². The molecule has 0 N–H and O–H groups in total. The Morgan fingerprint density at radius 2 is 2.11 bits per heavy atom. The Labute approximate surface area is 56.2 Å². The predicted octanol–water partition coefficient (Wildman–Crippen LogP) is 0.830. The van der Waals surface area contributed by atoms with Gasteiger partial charge in [0.25, 0.3) is 0 Å². The van der Waals surface area contributed by atoms with Gasteiger partial charge < -0.3 is 0 Å². The van der Waals surface area contributed by atoms with Gasteiger partial charge in [-0.1, -0.05) is 13.3 Å². The summed E-state index contributed by atoms with van der Waals surface area (Å²) < 4.78 is 21.5. The molecule has 0 spiro atoms. The standard InChI is InChI=1S/C6H12O2S/c1-3-5-4-6(5)9(2,7)8/h5-6H,3-4H2,1-2H3. The third kappa shape index (κ3) is 1.45. The molecule has 3 heteroatoms. The van der Waals surface area contributed by atoms with Gasteiger partial charge in [0.1, 0.15) is 0 Å². The topological polar surface area (TPSA) is 34.1 Å². The van der Waals surface area contributed by atoms with Crippen LogP contribution in [0.3, 0.4) is 0 Å². The van der Waals surface area contributed by atoms with Gasteiger partial charge in [-0.15, -0.1) is 0 Å². The van der Waals surface area contributed by atoms with E-state index >= 15 is 0 Å². The van der Waals surface area contributed by atoms with Crippen LogP contribution < -0.4 is 0 Å². The molecular formula is C6H12O2S. The number of hydrogen-bond donors (Lipinski definition) is 0. The average Bonchev–Trinajstić information content (AvgIpc) is 2.39. The first-order valence-corrected chi connectivity index (χ1v) is 5.20. The van der Waals surface area contributed by atoms with Gasteiger partial charge in [0.2, 0.25) is 0 Å². The Morgan fingerprint density at radius 3 is 2.22 bits per heavy atom. The molecule has 2 atom stereocenters. The van der Waals surface area contributed by atoms with Gasteiger partial charge >= 0.3 is 0 Å². The Balaban J connectivity index is 2.53. The first kappa shape index (κ1) is 7.06. The lowest BCUT2D eigenvalue weighted by molar-refractivity contribution is 0.597. The summed E-state index contributed by atoms with van der Waals surface area (Å²) in [6, 6.07) is 0. The lowest BCUT2D eigenvalue weighted by Crippen LogP contribution is -2.04. The molecule has 0 aliphatic heterocycles. The highest BCUT2D eigenvalue weighted by atomic mass is 32.2. The highest BCUT2D eigenvalue weighted by Gasteiger charge is 2.43. The van der Waals surface area contributed by atoms with Gasteiger partial charge in [-0.2, -0.15) is 0 Å². The van der Waals surface area contributed by atoms with Crippen molar-refractivity contribution >= 4 is 9.84 Å². The normalized spacial score (nSPS) is 34.4. The molecule has 2 nitrogen and oxygen atoms in total. The summed E-state index contributed by atoms with van der Waals surface area (Å²) in [5.41, 5.74) is 0. The maximum absolute atomic E-state index is 10.8. The molecule has 0 radical (unpaired) electrons. The number of rotatable bonds is 2. The fourth-order valence-corrected chi connectivity index (χ4v) is 2.66. The van der Waals surface area contributed by atoms with Crippen molar-refractivity contribution in [2.75, 3.05) is 6.26 Å². The van der Waals surface area contributed by atoms with Crippen LogP contribution >= 0.6 is 0 Å². The van der Waals surface area contributed by atoms with Crippen LogP contribution in [0.25, 0.3) is 0 Å². The van der Waals surface area contributed by atoms with Crippen LogP contribution in [-0.2, 0) is 9.84 Å². The van der Waals surface area contributed by atoms with Crippen molar-refractivity contribution in [3.63, 3.8) is 0 Å². The molecule has 0 bridgehead atoms. The van der Waals surface area contributed by atoms with E-state index in [1.807, 2.05) is 6.92 Å². The van der Waals surface area contributed by atoms with Crippen molar-refractivity contribution in [1.29, 1.82) is 0 Å². The van der Waals surface area contributed by atoms with Gasteiger partial charge in [0.15, 0.2) is 9.84 Å². The van der Waals surface area contributed by atoms with E-state index in [2.05, 4.69) is 0 Å². The summed E-state index contributed by atoms with van der Waals surface area (Å²) in [5.74, 6) is 0.472. The van der Waals surface area contributed by atoms with E-state index < -0.39 is 9.84 Å². The molecule has 2 unspecified atom stereocenters. The molecule has 1 aliphatic carbocycles. The molecule has 1 saturated carbocycles. The van der Waals surface area contributed by atoms with Crippen LogP contribution in [0.1, 0.15) is 19.8 Å². The zero-order valence-electron chi connectivity index (χ0n) is 5.79. The molecule has 0 aromatic rings. The van der Waals surface area contributed by atoms with Crippen molar-refractivity contribution in [2.45, 2.75) is 25.0 Å². The predicted molar refractivity (Wildman–Crippen MR) is 37.0 cm³/mol. The van der Waals surface area contributed by atoms with Gasteiger partial charge in [0.05, 0.1) is 5.25 Å². The largest absolute Gasteiger partial charge is 0.229 e. The summed E-state index contributed by atoms with van der Waals surface area (Å²) in [6.07, 6.45) is 3.24. The minimum atomic E-state index is -2.69. The van der Waals surface area contributed by atoms with E-state index in [-0.39, 0.29) is 5.25 Å². The fourth-order valence-electron chi connectivity index (χ4n) is 1.17. The quantitative estimate of drug-likeness (QED) is 0.581. The molecule has 0 amide bonds. The second kappa shape index (κ2) is 1.97. The summed E-state index contributed by atoms with van der Waals surface area (Å²) >= 11 is 0. The van der Waals surface area contributed by atoms with E-state index in [9.17, 15) is 8.42 Å². The SMILES string of the molecule is CCC1CC1S(C)(=O)=O. The highest BCUT2D eigenvalue weighted by Crippen LogP contribution is 2.38. The summed E-state index contributed by atoms with van der Waals surface area (Å²) in [6.45, 7) is 2.04. The van der Waals surface area contributed by atoms with Gasteiger partial charge in [-0.3, -0.25) is 0 Å². The van der Waals surface area contributed by atoms with Crippen LogP contribution in [0, 0.1) is 5.92 Å². The third-order valence-electron chi connectivity index (χ3n) is 1.93. The van der Waals surface area contributed by atoms with Crippen LogP contribution in [0.2, 0.25) is 0 Å². The van der Waals surface area contributed by atoms with Crippen LogP contribution in [0.4, 0.5) is 0 Å². The minimum absolute atomic E-state index is 0.00231. The molecule has 1 rings (SSSR count). The van der Waals surface area contributed by atoms with Crippen molar-refractivity contribution in [2.24, 2.45) is 5.92 Å². The van der Waals surface area contributed by atoms with Crippen molar-refractivity contribution in [1.82, 2.24) is 0 Å². The number of hydrogen-bond acceptors (Lipinski definition) is 2. The smallest absolute Gasteiger partial charge is 0.150 e. The summed E-state index contributed by atoms with van der Waals surface area (Å²) in [4.78, 5) is 0. The Hall–Kier alpha value is -0.0500. The number of sulfone groups is 1. The fraction of sp³-hybridized carbons (Fsp3) is 1.00. The highest BCUT2D eigenvalue weighted by molar-refractivity contribution is 7.91. The first-order chi connectivity index (χ1) is 4.05. The monoisotopic (exact) mass is 148 g/mol. The second-order valence-corrected chi connectivity index (χ2v) is 5.04. The second-order valence-electron chi connectivity index (χ2n) is 2.77. The van der Waals surface area contributed by atoms with E-state index in [0.717, 1.165) is 12.8 Å². The van der Waals surface area contributed by atoms with Gasteiger partial charge in [-0.05, 0) is 12.3 Å². The Bertz CT molecular complexity index is 193. The van der Waals surface area contributed by atoms with Crippen LogP contribution in [0.15, 0.2) is 0 Å². The van der Waals surface area contributed by atoms with E-state index in [1.165, 1.54) is 6.26 Å². The van der Waals surface area contributed by atoms with E-state index in [4.69, 9.17) is 0 Å².